The maximum atomic E-state index is 10.8. The van der Waals surface area contributed by atoms with Crippen LogP contribution < -0.4 is 0 Å². The van der Waals surface area contributed by atoms with E-state index in [4.69, 9.17) is 5.11 Å². The van der Waals surface area contributed by atoms with Crippen LogP contribution in [0.1, 0.15) is 16.8 Å². The molecule has 0 bridgehead atoms. The van der Waals surface area contributed by atoms with Crippen molar-refractivity contribution in [2.75, 3.05) is 0 Å². The lowest BCUT2D eigenvalue weighted by Crippen LogP contribution is -2.02. The summed E-state index contributed by atoms with van der Waals surface area (Å²) in [5, 5.41) is 11.1. The summed E-state index contributed by atoms with van der Waals surface area (Å²) in [5.74, 6) is -0.892. The Hall–Kier alpha value is -2.79. The van der Waals surface area contributed by atoms with Crippen LogP contribution >= 0.6 is 11.3 Å². The van der Waals surface area contributed by atoms with E-state index in [1.165, 1.54) is 11.3 Å². The van der Waals surface area contributed by atoms with E-state index in [0.717, 1.165) is 16.8 Å². The summed E-state index contributed by atoms with van der Waals surface area (Å²) in [6.45, 7) is 0. The molecule has 0 spiro atoms. The lowest BCUT2D eigenvalue weighted by molar-refractivity contribution is -0.136. The van der Waals surface area contributed by atoms with E-state index < -0.39 is 5.97 Å². The SMILES string of the molecule is O=C(O)Cc1csc(N=C(c2ccccc2)c2ccccc2)n1. The smallest absolute Gasteiger partial charge is 0.309 e. The number of carboxylic acids is 1. The van der Waals surface area contributed by atoms with Gasteiger partial charge in [0.05, 0.1) is 17.8 Å². The minimum Gasteiger partial charge on any atom is -0.481 e. The van der Waals surface area contributed by atoms with Gasteiger partial charge in [0.25, 0.3) is 0 Å². The summed E-state index contributed by atoms with van der Waals surface area (Å²) in [4.78, 5) is 19.7. The molecule has 3 aromatic rings. The van der Waals surface area contributed by atoms with Gasteiger partial charge in [0.2, 0.25) is 5.13 Å². The highest BCUT2D eigenvalue weighted by Gasteiger charge is 2.10. The van der Waals surface area contributed by atoms with E-state index in [-0.39, 0.29) is 6.42 Å². The van der Waals surface area contributed by atoms with Gasteiger partial charge in [0.1, 0.15) is 0 Å². The zero-order valence-electron chi connectivity index (χ0n) is 12.2. The molecule has 0 radical (unpaired) electrons. The second-order valence-corrected chi connectivity index (χ2v) is 5.72. The Morgan fingerprint density at radius 3 is 2.09 bits per heavy atom. The summed E-state index contributed by atoms with van der Waals surface area (Å²) in [5.41, 5.74) is 3.34. The monoisotopic (exact) mass is 322 g/mol. The number of hydrogen-bond acceptors (Lipinski definition) is 4. The lowest BCUT2D eigenvalue weighted by Gasteiger charge is -2.06. The van der Waals surface area contributed by atoms with Crippen LogP contribution in [0, 0.1) is 0 Å². The molecule has 0 aliphatic heterocycles. The molecule has 1 heterocycles. The molecular formula is C18H14N2O2S. The van der Waals surface area contributed by atoms with Gasteiger partial charge in [0, 0.05) is 16.5 Å². The molecule has 0 saturated heterocycles. The zero-order valence-corrected chi connectivity index (χ0v) is 13.0. The van der Waals surface area contributed by atoms with Crippen molar-refractivity contribution < 1.29 is 9.90 Å². The quantitative estimate of drug-likeness (QED) is 0.724. The average Bonchev–Trinajstić information content (AvgIpc) is 3.00. The van der Waals surface area contributed by atoms with Gasteiger partial charge >= 0.3 is 5.97 Å². The highest BCUT2D eigenvalue weighted by Crippen LogP contribution is 2.22. The first-order valence-electron chi connectivity index (χ1n) is 7.08. The number of benzene rings is 2. The Bertz CT molecular complexity index is 785. The first kappa shape index (κ1) is 15.1. The molecule has 0 atom stereocenters. The molecule has 2 aromatic carbocycles. The molecule has 114 valence electrons. The number of carboxylic acid groups (broad SMARTS) is 1. The van der Waals surface area contributed by atoms with Crippen LogP contribution in [0.4, 0.5) is 5.13 Å². The van der Waals surface area contributed by atoms with Crippen LogP contribution in [0.3, 0.4) is 0 Å². The van der Waals surface area contributed by atoms with E-state index >= 15 is 0 Å². The molecule has 1 aromatic heterocycles. The van der Waals surface area contributed by atoms with Crippen molar-refractivity contribution in [3.8, 4) is 0 Å². The van der Waals surface area contributed by atoms with Crippen LogP contribution in [0.2, 0.25) is 0 Å². The summed E-state index contributed by atoms with van der Waals surface area (Å²) in [7, 11) is 0. The highest BCUT2D eigenvalue weighted by atomic mass is 32.1. The molecule has 23 heavy (non-hydrogen) atoms. The van der Waals surface area contributed by atoms with Crippen LogP contribution in [0.15, 0.2) is 71.0 Å². The topological polar surface area (TPSA) is 62.5 Å². The summed E-state index contributed by atoms with van der Waals surface area (Å²) >= 11 is 1.35. The first-order chi connectivity index (χ1) is 11.2. The number of nitrogens with zero attached hydrogens (tertiary/aromatic N) is 2. The molecular weight excluding hydrogens is 308 g/mol. The fraction of sp³-hybridized carbons (Fsp3) is 0.0556. The predicted molar refractivity (Wildman–Crippen MR) is 91.6 cm³/mol. The van der Waals surface area contributed by atoms with Crippen molar-refractivity contribution in [2.24, 2.45) is 4.99 Å². The number of rotatable bonds is 5. The molecule has 0 unspecified atom stereocenters. The number of aromatic nitrogens is 1. The van der Waals surface area contributed by atoms with Crippen molar-refractivity contribution in [1.82, 2.24) is 4.98 Å². The van der Waals surface area contributed by atoms with Gasteiger partial charge in [-0.2, -0.15) is 0 Å². The number of aliphatic imine (C=N–C) groups is 1. The van der Waals surface area contributed by atoms with Crippen LogP contribution in [0.25, 0.3) is 0 Å². The van der Waals surface area contributed by atoms with E-state index in [0.29, 0.717) is 10.8 Å². The van der Waals surface area contributed by atoms with Crippen molar-refractivity contribution in [2.45, 2.75) is 6.42 Å². The number of carbonyl (C=O) groups is 1. The van der Waals surface area contributed by atoms with Gasteiger partial charge in [-0.25, -0.2) is 9.98 Å². The van der Waals surface area contributed by atoms with E-state index in [9.17, 15) is 4.79 Å². The fourth-order valence-electron chi connectivity index (χ4n) is 2.17. The Morgan fingerprint density at radius 2 is 1.57 bits per heavy atom. The summed E-state index contributed by atoms with van der Waals surface area (Å²) in [6.07, 6.45) is -0.0853. The highest BCUT2D eigenvalue weighted by molar-refractivity contribution is 7.13. The average molecular weight is 322 g/mol. The van der Waals surface area contributed by atoms with Gasteiger partial charge in [-0.05, 0) is 0 Å². The Balaban J connectivity index is 2.01. The molecule has 5 heteroatoms. The van der Waals surface area contributed by atoms with Crippen LogP contribution in [-0.4, -0.2) is 21.8 Å². The molecule has 0 fully saturated rings. The molecule has 0 amide bonds. The third kappa shape index (κ3) is 3.90. The number of hydrogen-bond donors (Lipinski definition) is 1. The fourth-order valence-corrected chi connectivity index (χ4v) is 2.86. The number of aliphatic carboxylic acids is 1. The maximum absolute atomic E-state index is 10.8. The van der Waals surface area contributed by atoms with Gasteiger partial charge in [-0.1, -0.05) is 60.7 Å². The molecule has 0 saturated carbocycles. The van der Waals surface area contributed by atoms with Gasteiger partial charge in [0.15, 0.2) is 0 Å². The van der Waals surface area contributed by atoms with Crippen LogP contribution in [-0.2, 0) is 11.2 Å². The van der Waals surface area contributed by atoms with E-state index in [2.05, 4.69) is 9.98 Å². The van der Waals surface area contributed by atoms with Gasteiger partial charge < -0.3 is 5.11 Å². The molecule has 1 N–H and O–H groups in total. The van der Waals surface area contributed by atoms with E-state index in [1.54, 1.807) is 5.38 Å². The summed E-state index contributed by atoms with van der Waals surface area (Å²) < 4.78 is 0. The first-order valence-corrected chi connectivity index (χ1v) is 7.96. The minimum atomic E-state index is -0.892. The Kier molecular flexibility index (Phi) is 4.59. The largest absolute Gasteiger partial charge is 0.481 e. The zero-order chi connectivity index (χ0) is 16.1. The van der Waals surface area contributed by atoms with Crippen molar-refractivity contribution in [3.63, 3.8) is 0 Å². The Labute approximate surface area is 137 Å². The van der Waals surface area contributed by atoms with Crippen molar-refractivity contribution >= 4 is 28.1 Å². The van der Waals surface area contributed by atoms with Crippen molar-refractivity contribution in [1.29, 1.82) is 0 Å². The van der Waals surface area contributed by atoms with Gasteiger partial charge in [-0.15, -0.1) is 11.3 Å². The Morgan fingerprint density at radius 1 is 1.00 bits per heavy atom. The predicted octanol–water partition coefficient (Wildman–Crippen LogP) is 3.94. The van der Waals surface area contributed by atoms with Gasteiger partial charge in [-0.3, -0.25) is 4.79 Å². The standard InChI is InChI=1S/C18H14N2O2S/c21-16(22)11-15-12-23-18(19-15)20-17(13-7-3-1-4-8-13)14-9-5-2-6-10-14/h1-10,12H,11H2,(H,21,22). The molecule has 0 aliphatic rings. The minimum absolute atomic E-state index is 0.0853. The van der Waals surface area contributed by atoms with Crippen molar-refractivity contribution in [3.05, 3.63) is 82.9 Å². The summed E-state index contributed by atoms with van der Waals surface area (Å²) in [6, 6.07) is 19.8. The lowest BCUT2D eigenvalue weighted by atomic mass is 10.0. The van der Waals surface area contributed by atoms with Crippen LogP contribution in [0.5, 0.6) is 0 Å². The maximum Gasteiger partial charge on any atom is 0.309 e. The third-order valence-electron chi connectivity index (χ3n) is 3.17. The third-order valence-corrected chi connectivity index (χ3v) is 3.96. The molecule has 3 rings (SSSR count). The second kappa shape index (κ2) is 6.98. The second-order valence-electron chi connectivity index (χ2n) is 4.88. The number of thiazole rings is 1. The molecule has 0 aliphatic carbocycles. The molecule has 4 nitrogen and oxygen atoms in total. The normalized spacial score (nSPS) is 10.3. The van der Waals surface area contributed by atoms with E-state index in [1.807, 2.05) is 60.7 Å².